The standard InChI is InChI=1S/C24H26ClNO3S/c1-6-7-8-9-17(2)23(27)21-16-19(25)12-15-22(21)26-30(28,29)20-13-10-18(11-14-20)24(3,4)5/h6-16,26H,1H2,2-5H3/b8-7-,17-9+. The van der Waals surface area contributed by atoms with Crippen LogP contribution in [0, 0.1) is 0 Å². The van der Waals surface area contributed by atoms with Crippen molar-refractivity contribution in [1.29, 1.82) is 0 Å². The number of ketones is 1. The number of benzene rings is 2. The van der Waals surface area contributed by atoms with Gasteiger partial charge in [0.15, 0.2) is 5.78 Å². The number of Topliss-reactive ketones (excluding diaryl/α,β-unsaturated/α-hetero) is 1. The molecule has 0 heterocycles. The molecule has 0 unspecified atom stereocenters. The normalized spacial score (nSPS) is 12.8. The van der Waals surface area contributed by atoms with Crippen molar-refractivity contribution in [3.05, 3.63) is 95.1 Å². The topological polar surface area (TPSA) is 63.2 Å². The lowest BCUT2D eigenvalue weighted by molar-refractivity contribution is 0.103. The van der Waals surface area contributed by atoms with Crippen molar-refractivity contribution in [3.8, 4) is 0 Å². The van der Waals surface area contributed by atoms with Gasteiger partial charge in [-0.2, -0.15) is 0 Å². The highest BCUT2D eigenvalue weighted by molar-refractivity contribution is 7.92. The van der Waals surface area contributed by atoms with Crippen molar-refractivity contribution in [2.45, 2.75) is 38.0 Å². The molecule has 0 amide bonds. The van der Waals surface area contributed by atoms with Gasteiger partial charge in [0.1, 0.15) is 0 Å². The van der Waals surface area contributed by atoms with E-state index in [4.69, 9.17) is 11.6 Å². The fourth-order valence-electron chi connectivity index (χ4n) is 2.70. The highest BCUT2D eigenvalue weighted by atomic mass is 35.5. The van der Waals surface area contributed by atoms with E-state index in [9.17, 15) is 13.2 Å². The van der Waals surface area contributed by atoms with Crippen molar-refractivity contribution in [3.63, 3.8) is 0 Å². The molecule has 4 nitrogen and oxygen atoms in total. The molecule has 0 aliphatic carbocycles. The van der Waals surface area contributed by atoms with E-state index in [1.165, 1.54) is 18.2 Å². The Labute approximate surface area is 184 Å². The first-order valence-corrected chi connectivity index (χ1v) is 11.3. The summed E-state index contributed by atoms with van der Waals surface area (Å²) in [5, 5.41) is 0.338. The van der Waals surface area contributed by atoms with Gasteiger partial charge in [0.25, 0.3) is 10.0 Å². The lowest BCUT2D eigenvalue weighted by atomic mass is 9.87. The van der Waals surface area contributed by atoms with E-state index in [0.717, 1.165) is 5.56 Å². The van der Waals surface area contributed by atoms with Gasteiger partial charge < -0.3 is 0 Å². The monoisotopic (exact) mass is 443 g/mol. The fourth-order valence-corrected chi connectivity index (χ4v) is 3.95. The van der Waals surface area contributed by atoms with Crippen molar-refractivity contribution in [1.82, 2.24) is 0 Å². The Morgan fingerprint density at radius 2 is 1.70 bits per heavy atom. The molecule has 158 valence electrons. The van der Waals surface area contributed by atoms with Gasteiger partial charge in [-0.05, 0) is 53.8 Å². The molecule has 30 heavy (non-hydrogen) atoms. The van der Waals surface area contributed by atoms with Crippen LogP contribution in [0.4, 0.5) is 5.69 Å². The molecular formula is C24H26ClNO3S. The van der Waals surface area contributed by atoms with Crippen molar-refractivity contribution >= 4 is 33.1 Å². The van der Waals surface area contributed by atoms with Crippen molar-refractivity contribution in [2.75, 3.05) is 4.72 Å². The maximum atomic E-state index is 12.9. The van der Waals surface area contributed by atoms with Crippen LogP contribution in [0.2, 0.25) is 5.02 Å². The van der Waals surface area contributed by atoms with Crippen LogP contribution in [0.25, 0.3) is 0 Å². The molecule has 2 rings (SSSR count). The molecule has 0 saturated heterocycles. The lowest BCUT2D eigenvalue weighted by Crippen LogP contribution is -2.17. The minimum Gasteiger partial charge on any atom is -0.289 e. The average molecular weight is 444 g/mol. The summed E-state index contributed by atoms with van der Waals surface area (Å²) in [5.74, 6) is -0.327. The summed E-state index contributed by atoms with van der Waals surface area (Å²) >= 11 is 6.06. The lowest BCUT2D eigenvalue weighted by Gasteiger charge is -2.19. The quantitative estimate of drug-likeness (QED) is 0.310. The third kappa shape index (κ3) is 5.94. The number of carbonyl (C=O) groups is 1. The summed E-state index contributed by atoms with van der Waals surface area (Å²) in [5.41, 5.74) is 1.72. The van der Waals surface area contributed by atoms with Gasteiger partial charge in [-0.3, -0.25) is 9.52 Å². The van der Waals surface area contributed by atoms with Gasteiger partial charge in [0.05, 0.1) is 10.6 Å². The summed E-state index contributed by atoms with van der Waals surface area (Å²) in [6, 6.07) is 11.2. The first kappa shape index (κ1) is 23.6. The highest BCUT2D eigenvalue weighted by Gasteiger charge is 2.21. The number of anilines is 1. The smallest absolute Gasteiger partial charge is 0.261 e. The van der Waals surface area contributed by atoms with Crippen LogP contribution in [0.3, 0.4) is 0 Å². The molecule has 0 bridgehead atoms. The van der Waals surface area contributed by atoms with E-state index in [2.05, 4.69) is 32.1 Å². The maximum Gasteiger partial charge on any atom is 0.261 e. The Kier molecular flexibility index (Phi) is 7.45. The second-order valence-electron chi connectivity index (χ2n) is 7.87. The molecule has 0 aliphatic heterocycles. The molecule has 0 aromatic heterocycles. The Hall–Kier alpha value is -2.63. The third-order valence-corrected chi connectivity index (χ3v) is 6.07. The zero-order chi connectivity index (χ0) is 22.5. The summed E-state index contributed by atoms with van der Waals surface area (Å²) in [6.45, 7) is 11.4. The van der Waals surface area contributed by atoms with E-state index in [0.29, 0.717) is 10.6 Å². The van der Waals surface area contributed by atoms with Crippen molar-refractivity contribution < 1.29 is 13.2 Å². The van der Waals surface area contributed by atoms with Gasteiger partial charge in [-0.15, -0.1) is 0 Å². The van der Waals surface area contributed by atoms with Gasteiger partial charge in [0.2, 0.25) is 0 Å². The predicted octanol–water partition coefficient (Wildman–Crippen LogP) is 6.31. The Morgan fingerprint density at radius 3 is 2.27 bits per heavy atom. The van der Waals surface area contributed by atoms with Crippen molar-refractivity contribution in [2.24, 2.45) is 0 Å². The Morgan fingerprint density at radius 1 is 1.07 bits per heavy atom. The molecule has 0 atom stereocenters. The first-order valence-electron chi connectivity index (χ1n) is 9.39. The average Bonchev–Trinajstić information content (AvgIpc) is 2.68. The van der Waals surface area contributed by atoms with E-state index >= 15 is 0 Å². The molecule has 0 aliphatic rings. The van der Waals surface area contributed by atoms with Crippen LogP contribution in [0.5, 0.6) is 0 Å². The molecule has 2 aromatic rings. The van der Waals surface area contributed by atoms with Crippen LogP contribution in [0.15, 0.2) is 83.8 Å². The second kappa shape index (κ2) is 9.45. The van der Waals surface area contributed by atoms with E-state index < -0.39 is 10.0 Å². The number of nitrogens with one attached hydrogen (secondary N) is 1. The van der Waals surface area contributed by atoms with E-state index in [1.807, 2.05) is 0 Å². The number of allylic oxidation sites excluding steroid dienone is 5. The number of hydrogen-bond acceptors (Lipinski definition) is 3. The Balaban J connectivity index is 2.40. The molecule has 0 spiro atoms. The minimum atomic E-state index is -3.88. The van der Waals surface area contributed by atoms with Gasteiger partial charge in [0, 0.05) is 10.6 Å². The molecule has 0 radical (unpaired) electrons. The molecule has 0 fully saturated rings. The fraction of sp³-hybridized carbons (Fsp3) is 0.208. The van der Waals surface area contributed by atoms with Crippen LogP contribution in [-0.4, -0.2) is 14.2 Å². The third-order valence-electron chi connectivity index (χ3n) is 4.45. The molecule has 0 saturated carbocycles. The highest BCUT2D eigenvalue weighted by Crippen LogP contribution is 2.27. The number of rotatable bonds is 7. The zero-order valence-corrected chi connectivity index (χ0v) is 19.1. The zero-order valence-electron chi connectivity index (χ0n) is 17.6. The molecule has 2 aromatic carbocycles. The predicted molar refractivity (Wildman–Crippen MR) is 125 cm³/mol. The number of sulfonamides is 1. The van der Waals surface area contributed by atoms with Crippen LogP contribution in [0.1, 0.15) is 43.6 Å². The van der Waals surface area contributed by atoms with Gasteiger partial charge >= 0.3 is 0 Å². The van der Waals surface area contributed by atoms with Crippen LogP contribution >= 0.6 is 11.6 Å². The molecular weight excluding hydrogens is 418 g/mol. The summed E-state index contributed by atoms with van der Waals surface area (Å²) in [6.07, 6.45) is 6.61. The SMILES string of the molecule is C=C/C=C\C=C(/C)C(=O)c1cc(Cl)ccc1NS(=O)(=O)c1ccc(C(C)(C)C)cc1. The first-order chi connectivity index (χ1) is 14.0. The summed E-state index contributed by atoms with van der Waals surface area (Å²) in [7, 11) is -3.88. The maximum absolute atomic E-state index is 12.9. The molecule has 1 N–H and O–H groups in total. The number of carbonyl (C=O) groups excluding carboxylic acids is 1. The van der Waals surface area contributed by atoms with Gasteiger partial charge in [-0.1, -0.05) is 75.4 Å². The Bertz CT molecular complexity index is 1110. The number of hydrogen-bond donors (Lipinski definition) is 1. The summed E-state index contributed by atoms with van der Waals surface area (Å²) < 4.78 is 28.3. The summed E-state index contributed by atoms with van der Waals surface area (Å²) in [4.78, 5) is 13.0. The largest absolute Gasteiger partial charge is 0.289 e. The van der Waals surface area contributed by atoms with Gasteiger partial charge in [-0.25, -0.2) is 8.42 Å². The van der Waals surface area contributed by atoms with Crippen LogP contribution < -0.4 is 4.72 Å². The minimum absolute atomic E-state index is 0.0879. The number of halogens is 1. The second-order valence-corrected chi connectivity index (χ2v) is 9.99. The van der Waals surface area contributed by atoms with Crippen LogP contribution in [-0.2, 0) is 15.4 Å². The van der Waals surface area contributed by atoms with E-state index in [-0.39, 0.29) is 27.3 Å². The van der Waals surface area contributed by atoms with E-state index in [1.54, 1.807) is 55.5 Å². The molecule has 6 heteroatoms.